The second-order valence-corrected chi connectivity index (χ2v) is 14.0. The van der Waals surface area contributed by atoms with Crippen molar-refractivity contribution in [3.8, 4) is 34.0 Å². The molecule has 10 rings (SSSR count). The smallest absolute Gasteiger partial charge is 0.101 e. The summed E-state index contributed by atoms with van der Waals surface area (Å²) in [5.41, 5.74) is 9.01. The van der Waals surface area contributed by atoms with E-state index in [1.54, 1.807) is 11.3 Å². The molecule has 0 N–H and O–H groups in total. The summed E-state index contributed by atoms with van der Waals surface area (Å²) >= 11 is 3.58. The molecule has 0 unspecified atom stereocenters. The molecular formula is C43H24N2S2. The highest BCUT2D eigenvalue weighted by atomic mass is 32.1. The van der Waals surface area contributed by atoms with Gasteiger partial charge in [0.2, 0.25) is 0 Å². The van der Waals surface area contributed by atoms with Gasteiger partial charge in [-0.05, 0) is 53.1 Å². The predicted molar refractivity (Wildman–Crippen MR) is 202 cm³/mol. The van der Waals surface area contributed by atoms with E-state index in [2.05, 4.69) is 150 Å². The standard InChI is InChI=1S/C43H24N2S2/c44-25-28-20-22-31(33-15-8-14-32-30-13-5-7-19-39(30)46-42(32)33)40-34-16-9-18-38(43(34)47-41(28)40)45-36-17-6-4-12-29(36)35-24-27(21-23-37(35)45)26-10-2-1-3-11-26/h1-24H. The fourth-order valence-corrected chi connectivity index (χ4v) is 9.90. The van der Waals surface area contributed by atoms with Gasteiger partial charge in [0, 0.05) is 47.3 Å². The first-order valence-corrected chi connectivity index (χ1v) is 17.3. The Morgan fingerprint density at radius 2 is 1.21 bits per heavy atom. The molecule has 10 aromatic rings. The zero-order valence-corrected chi connectivity index (χ0v) is 26.7. The first kappa shape index (κ1) is 26.5. The second kappa shape index (κ2) is 10.1. The topological polar surface area (TPSA) is 28.7 Å². The van der Waals surface area contributed by atoms with Crippen molar-refractivity contribution < 1.29 is 0 Å². The molecule has 0 aliphatic carbocycles. The maximum atomic E-state index is 10.3. The van der Waals surface area contributed by atoms with Crippen LogP contribution in [-0.2, 0) is 0 Å². The lowest BCUT2D eigenvalue weighted by atomic mass is 9.96. The van der Waals surface area contributed by atoms with Crippen molar-refractivity contribution in [2.24, 2.45) is 0 Å². The molecule has 0 saturated carbocycles. The number of rotatable bonds is 3. The molecular weight excluding hydrogens is 609 g/mol. The van der Waals surface area contributed by atoms with E-state index in [1.807, 2.05) is 17.4 Å². The van der Waals surface area contributed by atoms with Crippen LogP contribution in [0.2, 0.25) is 0 Å². The first-order valence-electron chi connectivity index (χ1n) is 15.7. The van der Waals surface area contributed by atoms with Crippen molar-refractivity contribution in [1.29, 1.82) is 5.26 Å². The van der Waals surface area contributed by atoms with Gasteiger partial charge in [0.15, 0.2) is 0 Å². The maximum absolute atomic E-state index is 10.3. The average molecular weight is 633 g/mol. The number of nitriles is 1. The Kier molecular flexibility index (Phi) is 5.71. The Labute approximate surface area is 278 Å². The van der Waals surface area contributed by atoms with Crippen LogP contribution in [0.5, 0.6) is 0 Å². The van der Waals surface area contributed by atoms with Crippen LogP contribution in [0, 0.1) is 11.3 Å². The summed E-state index contributed by atoms with van der Waals surface area (Å²) in [6.07, 6.45) is 0. The Bertz CT molecular complexity index is 2920. The highest BCUT2D eigenvalue weighted by Crippen LogP contribution is 2.48. The molecule has 218 valence electrons. The van der Waals surface area contributed by atoms with Gasteiger partial charge in [-0.15, -0.1) is 22.7 Å². The molecule has 0 radical (unpaired) electrons. The average Bonchev–Trinajstić information content (AvgIpc) is 3.81. The lowest BCUT2D eigenvalue weighted by Gasteiger charge is -2.10. The van der Waals surface area contributed by atoms with E-state index in [-0.39, 0.29) is 0 Å². The van der Waals surface area contributed by atoms with Crippen molar-refractivity contribution in [2.75, 3.05) is 0 Å². The zero-order valence-electron chi connectivity index (χ0n) is 25.1. The van der Waals surface area contributed by atoms with Crippen LogP contribution in [0.15, 0.2) is 146 Å². The molecule has 7 aromatic carbocycles. The molecule has 0 bridgehead atoms. The van der Waals surface area contributed by atoms with Crippen LogP contribution >= 0.6 is 22.7 Å². The summed E-state index contributed by atoms with van der Waals surface area (Å²) in [6.45, 7) is 0. The third-order valence-corrected chi connectivity index (χ3v) is 11.9. The predicted octanol–water partition coefficient (Wildman–Crippen LogP) is 12.7. The van der Waals surface area contributed by atoms with Crippen molar-refractivity contribution >= 4 is 84.8 Å². The van der Waals surface area contributed by atoms with E-state index in [0.29, 0.717) is 5.56 Å². The van der Waals surface area contributed by atoms with Crippen LogP contribution in [0.25, 0.3) is 90.1 Å². The zero-order chi connectivity index (χ0) is 31.1. The Morgan fingerprint density at radius 1 is 0.468 bits per heavy atom. The van der Waals surface area contributed by atoms with Gasteiger partial charge in [-0.1, -0.05) is 109 Å². The highest BCUT2D eigenvalue weighted by Gasteiger charge is 2.21. The maximum Gasteiger partial charge on any atom is 0.101 e. The molecule has 0 aliphatic heterocycles. The lowest BCUT2D eigenvalue weighted by molar-refractivity contribution is 1.20. The minimum Gasteiger partial charge on any atom is -0.308 e. The van der Waals surface area contributed by atoms with E-state index in [0.717, 1.165) is 15.8 Å². The molecule has 0 atom stereocenters. The summed E-state index contributed by atoms with van der Waals surface area (Å²) in [4.78, 5) is 0. The molecule has 0 amide bonds. The summed E-state index contributed by atoms with van der Waals surface area (Å²) in [5.74, 6) is 0. The minimum atomic E-state index is 0.717. The summed E-state index contributed by atoms with van der Waals surface area (Å²) < 4.78 is 7.21. The summed E-state index contributed by atoms with van der Waals surface area (Å²) in [7, 11) is 0. The van der Waals surface area contributed by atoms with E-state index < -0.39 is 0 Å². The van der Waals surface area contributed by atoms with Crippen molar-refractivity contribution in [3.63, 3.8) is 0 Å². The molecule has 3 heterocycles. The Hall–Kier alpha value is -5.73. The third-order valence-electron chi connectivity index (χ3n) is 9.46. The number of benzene rings is 7. The number of hydrogen-bond acceptors (Lipinski definition) is 3. The van der Waals surface area contributed by atoms with E-state index >= 15 is 0 Å². The molecule has 3 aromatic heterocycles. The fraction of sp³-hybridized carbons (Fsp3) is 0. The molecule has 47 heavy (non-hydrogen) atoms. The SMILES string of the molecule is N#Cc1ccc(-c2cccc3c2sc2ccccc23)c2c1sc1c(-n3c4ccccc4c4cc(-c5ccccc5)ccc43)cccc12. The molecule has 0 aliphatic rings. The normalized spacial score (nSPS) is 11.8. The van der Waals surface area contributed by atoms with Crippen molar-refractivity contribution in [2.45, 2.75) is 0 Å². The van der Waals surface area contributed by atoms with E-state index in [1.165, 1.54) is 74.3 Å². The minimum absolute atomic E-state index is 0.717. The van der Waals surface area contributed by atoms with Crippen LogP contribution in [0.3, 0.4) is 0 Å². The van der Waals surface area contributed by atoms with E-state index in [4.69, 9.17) is 0 Å². The van der Waals surface area contributed by atoms with Crippen LogP contribution in [0.4, 0.5) is 0 Å². The van der Waals surface area contributed by atoms with Gasteiger partial charge in [-0.25, -0.2) is 0 Å². The van der Waals surface area contributed by atoms with Gasteiger partial charge >= 0.3 is 0 Å². The Balaban J connectivity index is 1.28. The van der Waals surface area contributed by atoms with Gasteiger partial charge in [0.05, 0.1) is 31.7 Å². The van der Waals surface area contributed by atoms with Gasteiger partial charge in [0.25, 0.3) is 0 Å². The number of hydrogen-bond donors (Lipinski definition) is 0. The third kappa shape index (κ3) is 3.82. The lowest BCUT2D eigenvalue weighted by Crippen LogP contribution is -1.93. The van der Waals surface area contributed by atoms with Gasteiger partial charge in [-0.3, -0.25) is 0 Å². The Morgan fingerprint density at radius 3 is 2.11 bits per heavy atom. The van der Waals surface area contributed by atoms with Crippen LogP contribution in [0.1, 0.15) is 5.56 Å². The molecule has 4 heteroatoms. The van der Waals surface area contributed by atoms with Gasteiger partial charge < -0.3 is 4.57 Å². The fourth-order valence-electron chi connectivity index (χ4n) is 7.38. The first-order chi connectivity index (χ1) is 23.3. The number of para-hydroxylation sites is 1. The van der Waals surface area contributed by atoms with Crippen LogP contribution in [-0.4, -0.2) is 4.57 Å². The second-order valence-electron chi connectivity index (χ2n) is 12.0. The van der Waals surface area contributed by atoms with Crippen molar-refractivity contribution in [3.05, 3.63) is 151 Å². The number of thiophene rings is 2. The van der Waals surface area contributed by atoms with Gasteiger partial charge in [-0.2, -0.15) is 5.26 Å². The largest absolute Gasteiger partial charge is 0.308 e. The number of aromatic nitrogens is 1. The molecule has 0 saturated heterocycles. The number of fused-ring (bicyclic) bond motifs is 9. The van der Waals surface area contributed by atoms with Crippen LogP contribution < -0.4 is 0 Å². The molecule has 2 nitrogen and oxygen atoms in total. The van der Waals surface area contributed by atoms with Crippen molar-refractivity contribution in [1.82, 2.24) is 4.57 Å². The monoisotopic (exact) mass is 632 g/mol. The highest BCUT2D eigenvalue weighted by molar-refractivity contribution is 7.27. The molecule has 0 spiro atoms. The summed E-state index contributed by atoms with van der Waals surface area (Å²) in [5, 5.41) is 17.7. The molecule has 0 fully saturated rings. The quantitative estimate of drug-likeness (QED) is 0.190. The van der Waals surface area contributed by atoms with E-state index in [9.17, 15) is 5.26 Å². The summed E-state index contributed by atoms with van der Waals surface area (Å²) in [6, 6.07) is 54.7. The number of nitrogens with zero attached hydrogens (tertiary/aromatic N) is 2. The van der Waals surface area contributed by atoms with Gasteiger partial charge in [0.1, 0.15) is 6.07 Å².